The first-order valence-corrected chi connectivity index (χ1v) is 11.9. The highest BCUT2D eigenvalue weighted by molar-refractivity contribution is 7.22. The number of piperazine rings is 1. The molecule has 0 aliphatic carbocycles. The first-order chi connectivity index (χ1) is 14.5. The van der Waals surface area contributed by atoms with Crippen LogP contribution in [-0.2, 0) is 0 Å². The van der Waals surface area contributed by atoms with Gasteiger partial charge in [0.25, 0.3) is 11.8 Å². The molecule has 152 valence electrons. The smallest absolute Gasteiger partial charge is 0.265 e. The quantitative estimate of drug-likeness (QED) is 0.356. The van der Waals surface area contributed by atoms with Gasteiger partial charge in [-0.3, -0.25) is 9.59 Å². The Morgan fingerprint density at radius 2 is 1.03 bits per heavy atom. The molecule has 0 atom stereocenters. The molecule has 0 spiro atoms. The molecule has 1 aliphatic heterocycles. The zero-order chi connectivity index (χ0) is 20.8. The van der Waals surface area contributed by atoms with Crippen LogP contribution in [0.4, 0.5) is 0 Å². The van der Waals surface area contributed by atoms with Crippen molar-refractivity contribution in [3.63, 3.8) is 0 Å². The lowest BCUT2D eigenvalue weighted by atomic mass is 10.2. The van der Waals surface area contributed by atoms with Gasteiger partial charge in [-0.25, -0.2) is 0 Å². The molecule has 30 heavy (non-hydrogen) atoms. The van der Waals surface area contributed by atoms with Crippen LogP contribution in [0.3, 0.4) is 0 Å². The third-order valence-corrected chi connectivity index (χ3v) is 8.64. The van der Waals surface area contributed by atoms with Gasteiger partial charge in [0.05, 0.1) is 10.0 Å². The van der Waals surface area contributed by atoms with Crippen LogP contribution in [0, 0.1) is 0 Å². The van der Waals surface area contributed by atoms with E-state index in [1.165, 1.54) is 22.7 Å². The number of hydrogen-bond donors (Lipinski definition) is 0. The molecule has 1 aliphatic rings. The topological polar surface area (TPSA) is 40.6 Å². The van der Waals surface area contributed by atoms with E-state index in [1.54, 1.807) is 9.80 Å². The minimum atomic E-state index is -0.0757. The summed E-state index contributed by atoms with van der Waals surface area (Å²) < 4.78 is 2.00. The van der Waals surface area contributed by atoms with E-state index in [4.69, 9.17) is 23.2 Å². The van der Waals surface area contributed by atoms with Crippen LogP contribution in [0.2, 0.25) is 10.0 Å². The van der Waals surface area contributed by atoms with Crippen LogP contribution in [-0.4, -0.2) is 47.8 Å². The van der Waals surface area contributed by atoms with E-state index < -0.39 is 0 Å². The number of benzene rings is 2. The lowest BCUT2D eigenvalue weighted by Gasteiger charge is -2.34. The molecular formula is C22H16Cl2N2O2S2. The van der Waals surface area contributed by atoms with Crippen LogP contribution in [0.5, 0.6) is 0 Å². The Labute approximate surface area is 191 Å². The summed E-state index contributed by atoms with van der Waals surface area (Å²) in [5, 5.41) is 2.83. The summed E-state index contributed by atoms with van der Waals surface area (Å²) in [5.74, 6) is -0.151. The van der Waals surface area contributed by atoms with Crippen molar-refractivity contribution >= 4 is 77.9 Å². The average molecular weight is 475 g/mol. The zero-order valence-corrected chi connectivity index (χ0v) is 18.9. The van der Waals surface area contributed by atoms with Gasteiger partial charge in [0.2, 0.25) is 0 Å². The van der Waals surface area contributed by atoms with Crippen LogP contribution in [0.25, 0.3) is 20.2 Å². The number of amides is 2. The van der Waals surface area contributed by atoms with Gasteiger partial charge in [0.15, 0.2) is 0 Å². The maximum absolute atomic E-state index is 13.0. The summed E-state index contributed by atoms with van der Waals surface area (Å²) in [6.45, 7) is 1.88. The van der Waals surface area contributed by atoms with Crippen molar-refractivity contribution < 1.29 is 9.59 Å². The van der Waals surface area contributed by atoms with Crippen LogP contribution in [0.1, 0.15) is 19.3 Å². The molecule has 0 saturated carbocycles. The second-order valence-electron chi connectivity index (χ2n) is 7.07. The molecule has 3 heterocycles. The van der Waals surface area contributed by atoms with Gasteiger partial charge in [-0.2, -0.15) is 0 Å². The third-order valence-electron chi connectivity index (χ3n) is 5.31. The summed E-state index contributed by atoms with van der Waals surface area (Å²) in [5.41, 5.74) is 0. The van der Waals surface area contributed by atoms with Crippen molar-refractivity contribution in [2.24, 2.45) is 0 Å². The number of carbonyl (C=O) groups excluding carboxylic acids is 2. The van der Waals surface area contributed by atoms with E-state index in [-0.39, 0.29) is 11.8 Å². The number of nitrogens with zero attached hydrogens (tertiary/aromatic N) is 2. The SMILES string of the molecule is O=C(c1sc2ccccc2c1Cl)N1CCN(C(=O)c2sc3ccccc3c2Cl)CC1. The lowest BCUT2D eigenvalue weighted by molar-refractivity contribution is 0.0541. The summed E-state index contributed by atoms with van der Waals surface area (Å²) in [4.78, 5) is 30.7. The second-order valence-corrected chi connectivity index (χ2v) is 9.93. The fraction of sp³-hybridized carbons (Fsp3) is 0.182. The minimum Gasteiger partial charge on any atom is -0.334 e. The predicted molar refractivity (Wildman–Crippen MR) is 125 cm³/mol. The van der Waals surface area contributed by atoms with Crippen LogP contribution in [0.15, 0.2) is 48.5 Å². The van der Waals surface area contributed by atoms with E-state index in [1.807, 2.05) is 48.5 Å². The number of hydrogen-bond acceptors (Lipinski definition) is 4. The standard InChI is InChI=1S/C22H16Cl2N2O2S2/c23-17-13-5-1-3-7-15(13)29-19(17)21(27)25-9-11-26(12-10-25)22(28)20-18(24)14-6-2-4-8-16(14)30-20/h1-8H,9-12H2. The lowest BCUT2D eigenvalue weighted by Crippen LogP contribution is -2.50. The fourth-order valence-electron chi connectivity index (χ4n) is 3.70. The highest BCUT2D eigenvalue weighted by atomic mass is 35.5. The fourth-order valence-corrected chi connectivity index (χ4v) is 6.66. The maximum atomic E-state index is 13.0. The molecule has 5 rings (SSSR count). The Bertz CT molecular complexity index is 1190. The van der Waals surface area contributed by atoms with Crippen molar-refractivity contribution in [1.82, 2.24) is 9.80 Å². The second kappa shape index (κ2) is 7.85. The van der Waals surface area contributed by atoms with Crippen molar-refractivity contribution in [1.29, 1.82) is 0 Å². The van der Waals surface area contributed by atoms with Crippen molar-refractivity contribution in [3.05, 3.63) is 68.3 Å². The van der Waals surface area contributed by atoms with Gasteiger partial charge in [-0.1, -0.05) is 59.6 Å². The van der Waals surface area contributed by atoms with Gasteiger partial charge >= 0.3 is 0 Å². The summed E-state index contributed by atoms with van der Waals surface area (Å²) >= 11 is 15.8. The van der Waals surface area contributed by atoms with Crippen LogP contribution < -0.4 is 0 Å². The normalized spacial score (nSPS) is 14.6. The highest BCUT2D eigenvalue weighted by Gasteiger charge is 2.29. The molecular weight excluding hydrogens is 459 g/mol. The largest absolute Gasteiger partial charge is 0.334 e. The van der Waals surface area contributed by atoms with Crippen LogP contribution >= 0.6 is 45.9 Å². The molecule has 0 radical (unpaired) electrons. The zero-order valence-electron chi connectivity index (χ0n) is 15.7. The maximum Gasteiger partial charge on any atom is 0.265 e. The average Bonchev–Trinajstić information content (AvgIpc) is 3.30. The molecule has 8 heteroatoms. The Balaban J connectivity index is 1.32. The Morgan fingerprint density at radius 3 is 1.40 bits per heavy atom. The van der Waals surface area contributed by atoms with Crippen molar-refractivity contribution in [2.75, 3.05) is 26.2 Å². The number of fused-ring (bicyclic) bond motifs is 2. The van der Waals surface area contributed by atoms with E-state index in [0.29, 0.717) is 46.0 Å². The monoisotopic (exact) mass is 474 g/mol. The third kappa shape index (κ3) is 3.28. The Morgan fingerprint density at radius 1 is 0.667 bits per heavy atom. The molecule has 4 aromatic rings. The van der Waals surface area contributed by atoms with Crippen molar-refractivity contribution in [2.45, 2.75) is 0 Å². The number of halogens is 2. The summed E-state index contributed by atoms with van der Waals surface area (Å²) in [6, 6.07) is 15.5. The predicted octanol–water partition coefficient (Wildman–Crippen LogP) is 6.02. The number of rotatable bonds is 2. The van der Waals surface area contributed by atoms with E-state index in [2.05, 4.69) is 0 Å². The highest BCUT2D eigenvalue weighted by Crippen LogP contribution is 2.37. The van der Waals surface area contributed by atoms with E-state index in [9.17, 15) is 9.59 Å². The number of carbonyl (C=O) groups is 2. The number of thiophene rings is 2. The first-order valence-electron chi connectivity index (χ1n) is 9.47. The van der Waals surface area contributed by atoms with Crippen molar-refractivity contribution in [3.8, 4) is 0 Å². The molecule has 1 fully saturated rings. The van der Waals surface area contributed by atoms with Gasteiger partial charge in [-0.05, 0) is 12.1 Å². The van der Waals surface area contributed by atoms with Gasteiger partial charge < -0.3 is 9.80 Å². The molecule has 1 saturated heterocycles. The van der Waals surface area contributed by atoms with E-state index in [0.717, 1.165) is 20.2 Å². The van der Waals surface area contributed by atoms with Gasteiger partial charge in [0.1, 0.15) is 9.75 Å². The molecule has 0 N–H and O–H groups in total. The molecule has 2 aromatic carbocycles. The Kier molecular flexibility index (Phi) is 5.19. The van der Waals surface area contributed by atoms with Gasteiger partial charge in [-0.15, -0.1) is 22.7 Å². The van der Waals surface area contributed by atoms with Gasteiger partial charge in [0, 0.05) is 46.4 Å². The Hall–Kier alpha value is -2.12. The molecule has 0 bridgehead atoms. The summed E-state index contributed by atoms with van der Waals surface area (Å²) in [7, 11) is 0. The molecule has 0 unspecified atom stereocenters. The molecule has 2 amide bonds. The van der Waals surface area contributed by atoms with E-state index >= 15 is 0 Å². The first kappa shape index (κ1) is 19.8. The minimum absolute atomic E-state index is 0.0757. The molecule has 2 aromatic heterocycles. The molecule has 4 nitrogen and oxygen atoms in total. The summed E-state index contributed by atoms with van der Waals surface area (Å²) in [6.07, 6.45) is 0.